The minimum Gasteiger partial charge on any atom is -0.387 e. The number of rotatable bonds is 6. The largest absolute Gasteiger partial charge is 0.470 e. The van der Waals surface area contributed by atoms with Gasteiger partial charge in [0.05, 0.1) is 6.33 Å². The summed E-state index contributed by atoms with van der Waals surface area (Å²) in [7, 11) is -5.06. The van der Waals surface area contributed by atoms with Crippen molar-refractivity contribution < 1.29 is 38.6 Å². The average Bonchev–Trinajstić information content (AvgIpc) is 3.15. The van der Waals surface area contributed by atoms with E-state index in [1.54, 1.807) is 0 Å². The molecule has 0 bridgehead atoms. The zero-order valence-corrected chi connectivity index (χ0v) is 14.9. The Morgan fingerprint density at radius 3 is 2.70 bits per heavy atom. The number of phosphoric acid groups is 1. The molecule has 13 nitrogen and oxygen atoms in total. The van der Waals surface area contributed by atoms with Gasteiger partial charge in [0.25, 0.3) is 0 Å². The molecule has 1 aliphatic heterocycles. The molecule has 27 heavy (non-hydrogen) atoms. The average molecular weight is 403 g/mol. The minimum absolute atomic E-state index is 0.0900. The van der Waals surface area contributed by atoms with Crippen LogP contribution in [0.25, 0.3) is 11.2 Å². The van der Waals surface area contributed by atoms with Gasteiger partial charge in [-0.2, -0.15) is 0 Å². The Bertz CT molecular complexity index is 900. The number of imidazole rings is 1. The molecule has 1 aliphatic rings. The number of anilines is 1. The minimum atomic E-state index is -5.06. The number of aliphatic hydroxyl groups excluding tert-OH is 2. The zero-order valence-electron chi connectivity index (χ0n) is 14.0. The molecule has 0 amide bonds. The molecule has 1 fully saturated rings. The Morgan fingerprint density at radius 1 is 1.37 bits per heavy atom. The second-order valence-corrected chi connectivity index (χ2v) is 7.08. The van der Waals surface area contributed by atoms with Crippen LogP contribution in [-0.2, 0) is 18.6 Å². The van der Waals surface area contributed by atoms with Gasteiger partial charge in [-0.05, 0) is 0 Å². The summed E-state index contributed by atoms with van der Waals surface area (Å²) in [6.45, 7) is 1.46. The summed E-state index contributed by atoms with van der Waals surface area (Å²) in [6, 6.07) is 0. The van der Waals surface area contributed by atoms with Crippen LogP contribution in [0.4, 0.5) is 5.82 Å². The van der Waals surface area contributed by atoms with Gasteiger partial charge in [-0.3, -0.25) is 13.9 Å². The van der Waals surface area contributed by atoms with E-state index in [9.17, 15) is 19.6 Å². The molecule has 3 rings (SSSR count). The van der Waals surface area contributed by atoms with Crippen molar-refractivity contribution in [1.29, 1.82) is 0 Å². The maximum atomic E-state index is 12.1. The van der Waals surface area contributed by atoms with Crippen LogP contribution in [0.15, 0.2) is 12.7 Å². The van der Waals surface area contributed by atoms with Crippen LogP contribution in [0.3, 0.4) is 0 Å². The van der Waals surface area contributed by atoms with Gasteiger partial charge in [-0.1, -0.05) is 6.92 Å². The molecule has 3 heterocycles. The number of carbonyl (C=O) groups excluding carboxylic acids is 1. The Morgan fingerprint density at radius 2 is 2.07 bits per heavy atom. The van der Waals surface area contributed by atoms with E-state index >= 15 is 0 Å². The van der Waals surface area contributed by atoms with Gasteiger partial charge in [0.15, 0.2) is 29.6 Å². The second-order valence-electron chi connectivity index (χ2n) is 5.89. The summed E-state index contributed by atoms with van der Waals surface area (Å²) in [5.74, 6) is -0.621. The third-order valence-corrected chi connectivity index (χ3v) is 4.65. The SMILES string of the molecule is CCC(=O)C(OP(=O)(O)O)[C@H]1O[C@@H](n2cnc3c(N)ncnc32)[C@H](O)[C@@H]1O. The van der Waals surface area contributed by atoms with Crippen LogP contribution >= 0.6 is 7.82 Å². The molecule has 0 saturated carbocycles. The second kappa shape index (κ2) is 7.20. The van der Waals surface area contributed by atoms with Gasteiger partial charge in [-0.15, -0.1) is 0 Å². The smallest absolute Gasteiger partial charge is 0.387 e. The number of fused-ring (bicyclic) bond motifs is 1. The number of ether oxygens (including phenoxy) is 1. The Kier molecular flexibility index (Phi) is 5.27. The van der Waals surface area contributed by atoms with Crippen molar-refractivity contribution in [3.63, 3.8) is 0 Å². The Balaban J connectivity index is 1.95. The fourth-order valence-corrected chi connectivity index (χ4v) is 3.41. The molecular weight excluding hydrogens is 385 g/mol. The van der Waals surface area contributed by atoms with Crippen molar-refractivity contribution in [3.05, 3.63) is 12.7 Å². The van der Waals surface area contributed by atoms with E-state index in [0.717, 1.165) is 0 Å². The summed E-state index contributed by atoms with van der Waals surface area (Å²) in [4.78, 5) is 42.0. The summed E-state index contributed by atoms with van der Waals surface area (Å²) >= 11 is 0. The van der Waals surface area contributed by atoms with Crippen molar-refractivity contribution in [1.82, 2.24) is 19.5 Å². The lowest BCUT2D eigenvalue weighted by atomic mass is 10.0. The lowest BCUT2D eigenvalue weighted by Crippen LogP contribution is -2.43. The number of phosphoric ester groups is 1. The summed E-state index contributed by atoms with van der Waals surface area (Å²) in [5, 5.41) is 20.7. The van der Waals surface area contributed by atoms with Crippen molar-refractivity contribution in [2.75, 3.05) is 5.73 Å². The van der Waals surface area contributed by atoms with E-state index in [-0.39, 0.29) is 23.4 Å². The molecule has 1 saturated heterocycles. The topological polar surface area (TPSA) is 203 Å². The predicted molar refractivity (Wildman–Crippen MR) is 87.9 cm³/mol. The van der Waals surface area contributed by atoms with Crippen LogP contribution in [-0.4, -0.2) is 69.7 Å². The van der Waals surface area contributed by atoms with Crippen LogP contribution < -0.4 is 5.73 Å². The number of nitrogens with two attached hydrogens (primary N) is 1. The fourth-order valence-electron chi connectivity index (χ4n) is 2.87. The lowest BCUT2D eigenvalue weighted by molar-refractivity contribution is -0.139. The third-order valence-electron chi connectivity index (χ3n) is 4.15. The van der Waals surface area contributed by atoms with Crippen LogP contribution in [0, 0.1) is 0 Å². The summed E-state index contributed by atoms with van der Waals surface area (Å²) < 4.78 is 22.5. The first-order valence-corrected chi connectivity index (χ1v) is 9.38. The highest BCUT2D eigenvalue weighted by molar-refractivity contribution is 7.46. The number of hydrogen-bond acceptors (Lipinski definition) is 10. The van der Waals surface area contributed by atoms with E-state index in [1.165, 1.54) is 24.1 Å². The number of Topliss-reactive ketones (excluding diaryl/α,β-unsaturated/α-hetero) is 1. The van der Waals surface area contributed by atoms with Crippen LogP contribution in [0.5, 0.6) is 0 Å². The van der Waals surface area contributed by atoms with Gasteiger partial charge < -0.3 is 30.5 Å². The lowest BCUT2D eigenvalue weighted by Gasteiger charge is -2.24. The quantitative estimate of drug-likeness (QED) is 0.349. The predicted octanol–water partition coefficient (Wildman–Crippen LogP) is -1.52. The maximum Gasteiger partial charge on any atom is 0.470 e. The molecule has 0 spiro atoms. The summed E-state index contributed by atoms with van der Waals surface area (Å²) in [6.07, 6.45) is -5.49. The molecule has 6 N–H and O–H groups in total. The molecule has 148 valence electrons. The highest BCUT2D eigenvalue weighted by Crippen LogP contribution is 2.42. The van der Waals surface area contributed by atoms with E-state index in [0.29, 0.717) is 0 Å². The first-order valence-electron chi connectivity index (χ1n) is 7.85. The molecule has 14 heteroatoms. The standard InChI is InChI=1S/C13H18N5O8P/c1-2-5(19)9(26-27(22,23)24)10-7(20)8(21)13(25-10)18-4-17-6-11(14)15-3-16-12(6)18/h3-4,7-10,13,20-21H,2H2,1H3,(H2,14,15,16)(H2,22,23,24)/t7-,8+,9?,10-,13+/m0/s1. The zero-order chi connectivity index (χ0) is 19.9. The highest BCUT2D eigenvalue weighted by Gasteiger charge is 2.51. The number of hydrogen-bond donors (Lipinski definition) is 5. The van der Waals surface area contributed by atoms with Crippen LogP contribution in [0.1, 0.15) is 19.6 Å². The van der Waals surface area contributed by atoms with Gasteiger partial charge in [0, 0.05) is 6.42 Å². The van der Waals surface area contributed by atoms with Gasteiger partial charge >= 0.3 is 7.82 Å². The Hall–Kier alpha value is -1.99. The monoisotopic (exact) mass is 403 g/mol. The fraction of sp³-hybridized carbons (Fsp3) is 0.538. The van der Waals surface area contributed by atoms with Crippen molar-refractivity contribution in [2.24, 2.45) is 0 Å². The molecule has 5 atom stereocenters. The number of aliphatic hydroxyl groups is 2. The number of nitrogen functional groups attached to an aromatic ring is 1. The van der Waals surface area contributed by atoms with Gasteiger partial charge in [0.2, 0.25) is 0 Å². The van der Waals surface area contributed by atoms with Gasteiger partial charge in [-0.25, -0.2) is 19.5 Å². The molecule has 2 aromatic heterocycles. The van der Waals surface area contributed by atoms with Crippen molar-refractivity contribution in [3.8, 4) is 0 Å². The summed E-state index contributed by atoms with van der Waals surface area (Å²) in [5.41, 5.74) is 6.14. The van der Waals surface area contributed by atoms with Crippen molar-refractivity contribution >= 4 is 30.6 Å². The number of nitrogens with zero attached hydrogens (tertiary/aromatic N) is 4. The third kappa shape index (κ3) is 3.71. The first kappa shape index (κ1) is 19.8. The molecule has 1 unspecified atom stereocenters. The number of aromatic nitrogens is 4. The molecule has 0 aliphatic carbocycles. The molecule has 2 aromatic rings. The highest BCUT2D eigenvalue weighted by atomic mass is 31.2. The van der Waals surface area contributed by atoms with E-state index in [1.807, 2.05) is 0 Å². The number of carbonyl (C=O) groups is 1. The van der Waals surface area contributed by atoms with E-state index in [2.05, 4.69) is 19.5 Å². The maximum absolute atomic E-state index is 12.1. The molecule has 0 aromatic carbocycles. The number of ketones is 1. The van der Waals surface area contributed by atoms with E-state index < -0.39 is 44.2 Å². The van der Waals surface area contributed by atoms with Gasteiger partial charge in [0.1, 0.15) is 30.2 Å². The normalized spacial score (nSPS) is 27.1. The van der Waals surface area contributed by atoms with E-state index in [4.69, 9.17) is 20.3 Å². The molecular formula is C13H18N5O8P. The van der Waals surface area contributed by atoms with Crippen LogP contribution in [0.2, 0.25) is 0 Å². The first-order chi connectivity index (χ1) is 12.6. The Labute approximate surface area is 152 Å². The van der Waals surface area contributed by atoms with Crippen molar-refractivity contribution in [2.45, 2.75) is 44.0 Å². The molecule has 0 radical (unpaired) electrons.